The number of hydrogen-bond acceptors (Lipinski definition) is 5. The van der Waals surface area contributed by atoms with Crippen LogP contribution in [0.1, 0.15) is 6.92 Å². The number of ether oxygens (including phenoxy) is 1. The summed E-state index contributed by atoms with van der Waals surface area (Å²) in [6.07, 6.45) is 0. The van der Waals surface area contributed by atoms with Crippen LogP contribution >= 0.6 is 0 Å². The van der Waals surface area contributed by atoms with Crippen LogP contribution in [0.2, 0.25) is 0 Å². The molecule has 0 atom stereocenters. The topological polar surface area (TPSA) is 92.8 Å². The second-order valence-electron chi connectivity index (χ2n) is 1.61. The maximum atomic E-state index is 10.2. The van der Waals surface area contributed by atoms with Gasteiger partial charge in [0.05, 0.1) is 6.54 Å². The Bertz CT molecular complexity index is 106. The number of esters is 1. The van der Waals surface area contributed by atoms with Gasteiger partial charge in [0.25, 0.3) is 0 Å². The van der Waals surface area contributed by atoms with Crippen LogP contribution in [0.5, 0.6) is 0 Å². The van der Waals surface area contributed by atoms with Gasteiger partial charge >= 0.3 is 11.9 Å². The molecule has 5 heteroatoms. The van der Waals surface area contributed by atoms with Gasteiger partial charge in [0.15, 0.2) is 0 Å². The Balaban J connectivity index is 3.60. The molecule has 0 aliphatic rings. The molecule has 0 aliphatic carbocycles. The minimum Gasteiger partial charge on any atom is -0.407 e. The maximum Gasteiger partial charge on any atom is 0.323 e. The first-order valence-corrected chi connectivity index (χ1v) is 2.32. The largest absolute Gasteiger partial charge is 0.407 e. The normalized spacial score (nSPS) is 11.1. The van der Waals surface area contributed by atoms with E-state index < -0.39 is 11.9 Å². The molecule has 0 heterocycles. The van der Waals surface area contributed by atoms with E-state index in [1.54, 1.807) is 0 Å². The molecule has 0 bridgehead atoms. The molecule has 0 spiro atoms. The Kier molecular flexibility index (Phi) is 2.57. The van der Waals surface area contributed by atoms with Gasteiger partial charge in [-0.15, -0.1) is 0 Å². The molecule has 0 unspecified atom stereocenters. The van der Waals surface area contributed by atoms with Crippen molar-refractivity contribution in [2.75, 3.05) is 6.54 Å². The van der Waals surface area contributed by atoms with Crippen LogP contribution in [-0.4, -0.2) is 28.7 Å². The van der Waals surface area contributed by atoms with Gasteiger partial charge in [-0.1, -0.05) is 0 Å². The monoisotopic (exact) mass is 135 g/mol. The summed E-state index contributed by atoms with van der Waals surface area (Å²) in [4.78, 5) is 10.2. The second-order valence-corrected chi connectivity index (χ2v) is 1.61. The average molecular weight is 135 g/mol. The van der Waals surface area contributed by atoms with Crippen molar-refractivity contribution in [2.45, 2.75) is 12.9 Å². The van der Waals surface area contributed by atoms with E-state index in [-0.39, 0.29) is 6.54 Å². The predicted molar refractivity (Wildman–Crippen MR) is 28.0 cm³/mol. The summed E-state index contributed by atoms with van der Waals surface area (Å²) in [7, 11) is 0. The van der Waals surface area contributed by atoms with E-state index in [2.05, 4.69) is 4.74 Å². The number of hydrogen-bond donors (Lipinski definition) is 3. The Morgan fingerprint density at radius 1 is 1.78 bits per heavy atom. The summed E-state index contributed by atoms with van der Waals surface area (Å²) in [6, 6.07) is 0. The van der Waals surface area contributed by atoms with Crippen LogP contribution in [0.15, 0.2) is 0 Å². The lowest BCUT2D eigenvalue weighted by Crippen LogP contribution is -2.33. The van der Waals surface area contributed by atoms with Crippen LogP contribution in [-0.2, 0) is 9.53 Å². The molecule has 54 valence electrons. The molecule has 0 saturated heterocycles. The molecule has 0 aliphatic heterocycles. The Hall–Kier alpha value is -0.650. The van der Waals surface area contributed by atoms with Crippen molar-refractivity contribution in [3.05, 3.63) is 0 Å². The molecule has 0 amide bonds. The van der Waals surface area contributed by atoms with Gasteiger partial charge in [-0.3, -0.25) is 4.79 Å². The van der Waals surface area contributed by atoms with Gasteiger partial charge in [-0.05, 0) is 0 Å². The van der Waals surface area contributed by atoms with E-state index in [0.717, 1.165) is 6.92 Å². The first-order valence-electron chi connectivity index (χ1n) is 2.32. The lowest BCUT2D eigenvalue weighted by molar-refractivity contribution is -0.306. The third kappa shape index (κ3) is 5.22. The first kappa shape index (κ1) is 8.35. The average Bonchev–Trinajstić information content (AvgIpc) is 1.62. The van der Waals surface area contributed by atoms with Gasteiger partial charge in [0, 0.05) is 6.92 Å². The predicted octanol–water partition coefficient (Wildman–Crippen LogP) is -1.85. The van der Waals surface area contributed by atoms with E-state index in [9.17, 15) is 4.79 Å². The minimum atomic E-state index is -2.41. The zero-order chi connectivity index (χ0) is 7.49. The zero-order valence-corrected chi connectivity index (χ0v) is 5.00. The highest BCUT2D eigenvalue weighted by atomic mass is 16.8. The van der Waals surface area contributed by atoms with E-state index in [4.69, 9.17) is 15.9 Å². The molecular weight excluding hydrogens is 126 g/mol. The zero-order valence-electron chi connectivity index (χ0n) is 5.00. The number of carbonyl (C=O) groups is 1. The third-order valence-electron chi connectivity index (χ3n) is 0.474. The Morgan fingerprint density at radius 2 is 2.22 bits per heavy atom. The van der Waals surface area contributed by atoms with Crippen LogP contribution in [0.25, 0.3) is 0 Å². The van der Waals surface area contributed by atoms with Crippen molar-refractivity contribution in [3.63, 3.8) is 0 Å². The quantitative estimate of drug-likeness (QED) is 0.305. The number of aliphatic hydroxyl groups is 2. The smallest absolute Gasteiger partial charge is 0.323 e. The highest BCUT2D eigenvalue weighted by molar-refractivity contribution is 5.71. The number of nitrogens with two attached hydrogens (primary N) is 1. The third-order valence-corrected chi connectivity index (χ3v) is 0.474. The molecule has 0 rings (SSSR count). The summed E-state index contributed by atoms with van der Waals surface area (Å²) in [6.45, 7) is 0.553. The van der Waals surface area contributed by atoms with E-state index in [0.29, 0.717) is 0 Å². The molecule has 0 aromatic rings. The fourth-order valence-corrected chi connectivity index (χ4v) is 0.257. The maximum absolute atomic E-state index is 10.2. The molecule has 0 fully saturated rings. The molecule has 0 aromatic heterocycles. The Labute approximate surface area is 52.0 Å². The van der Waals surface area contributed by atoms with Gasteiger partial charge in [-0.2, -0.15) is 0 Å². The first-order chi connectivity index (χ1) is 3.95. The molecule has 0 aromatic carbocycles. The standard InChI is InChI=1S/C4H9NO4/c1-4(7,8)9-3(6)2-5/h7-8H,2,5H2,1H3. The van der Waals surface area contributed by atoms with Crippen molar-refractivity contribution in [2.24, 2.45) is 5.73 Å². The molecule has 0 saturated carbocycles. The summed E-state index contributed by atoms with van der Waals surface area (Å²) in [5.41, 5.74) is 4.78. The van der Waals surface area contributed by atoms with Crippen LogP contribution in [0.4, 0.5) is 0 Å². The van der Waals surface area contributed by atoms with Crippen LogP contribution in [0.3, 0.4) is 0 Å². The Morgan fingerprint density at radius 3 is 2.33 bits per heavy atom. The summed E-state index contributed by atoms with van der Waals surface area (Å²) >= 11 is 0. The highest BCUT2D eigenvalue weighted by Crippen LogP contribution is 1.97. The van der Waals surface area contributed by atoms with Crippen molar-refractivity contribution >= 4 is 5.97 Å². The lowest BCUT2D eigenvalue weighted by atomic mass is 10.6. The van der Waals surface area contributed by atoms with Crippen molar-refractivity contribution < 1.29 is 19.7 Å². The lowest BCUT2D eigenvalue weighted by Gasteiger charge is -2.14. The van der Waals surface area contributed by atoms with E-state index in [1.165, 1.54) is 0 Å². The molecule has 0 radical (unpaired) electrons. The fraction of sp³-hybridized carbons (Fsp3) is 0.750. The molecule has 4 N–H and O–H groups in total. The SMILES string of the molecule is CC(O)(O)OC(=O)CN. The second kappa shape index (κ2) is 2.77. The molecular formula is C4H9NO4. The van der Waals surface area contributed by atoms with Crippen LogP contribution in [0, 0.1) is 0 Å². The van der Waals surface area contributed by atoms with Crippen molar-refractivity contribution in [3.8, 4) is 0 Å². The van der Waals surface area contributed by atoms with Gasteiger partial charge in [0.2, 0.25) is 0 Å². The molecule has 9 heavy (non-hydrogen) atoms. The minimum absolute atomic E-state index is 0.364. The summed E-state index contributed by atoms with van der Waals surface area (Å²) in [5, 5.41) is 16.8. The van der Waals surface area contributed by atoms with E-state index >= 15 is 0 Å². The van der Waals surface area contributed by atoms with E-state index in [1.807, 2.05) is 0 Å². The van der Waals surface area contributed by atoms with Gasteiger partial charge < -0.3 is 20.7 Å². The highest BCUT2D eigenvalue weighted by Gasteiger charge is 2.19. The van der Waals surface area contributed by atoms with Gasteiger partial charge in [0.1, 0.15) is 0 Å². The molecule has 5 nitrogen and oxygen atoms in total. The van der Waals surface area contributed by atoms with Crippen LogP contribution < -0.4 is 5.73 Å². The number of rotatable bonds is 2. The van der Waals surface area contributed by atoms with Crippen molar-refractivity contribution in [1.82, 2.24) is 0 Å². The fourth-order valence-electron chi connectivity index (χ4n) is 0.257. The van der Waals surface area contributed by atoms with Crippen molar-refractivity contribution in [1.29, 1.82) is 0 Å². The van der Waals surface area contributed by atoms with Gasteiger partial charge in [-0.25, -0.2) is 0 Å². The summed E-state index contributed by atoms with van der Waals surface area (Å²) < 4.78 is 3.93. The number of carbonyl (C=O) groups excluding carboxylic acids is 1. The summed E-state index contributed by atoms with van der Waals surface area (Å²) in [5.74, 6) is -3.27.